The van der Waals surface area contributed by atoms with E-state index in [-0.39, 0.29) is 11.9 Å². The Morgan fingerprint density at radius 3 is 2.48 bits per heavy atom. The Morgan fingerprint density at radius 1 is 1.19 bits per heavy atom. The molecular weight excluding hydrogens is 262 g/mol. The number of carbonyl (C=O) groups excluding carboxylic acids is 1. The van der Waals surface area contributed by atoms with Crippen LogP contribution in [0.5, 0.6) is 0 Å². The molecule has 2 rings (SSSR count). The highest BCUT2D eigenvalue weighted by Crippen LogP contribution is 2.10. The first kappa shape index (κ1) is 16.0. The second-order valence-electron chi connectivity index (χ2n) is 5.84. The van der Waals surface area contributed by atoms with Crippen molar-refractivity contribution in [3.8, 4) is 0 Å². The molecule has 0 radical (unpaired) electrons. The number of hydrogen-bond donors (Lipinski definition) is 1. The second kappa shape index (κ2) is 8.15. The van der Waals surface area contributed by atoms with Gasteiger partial charge >= 0.3 is 0 Å². The van der Waals surface area contributed by atoms with Gasteiger partial charge in [0.25, 0.3) is 0 Å². The van der Waals surface area contributed by atoms with E-state index in [1.54, 1.807) is 0 Å². The van der Waals surface area contributed by atoms with Crippen molar-refractivity contribution in [3.63, 3.8) is 0 Å². The molecule has 1 aliphatic heterocycles. The van der Waals surface area contributed by atoms with Crippen molar-refractivity contribution >= 4 is 5.91 Å². The minimum absolute atomic E-state index is 0.128. The molecule has 4 nitrogen and oxygen atoms in total. The quantitative estimate of drug-likeness (QED) is 0.869. The van der Waals surface area contributed by atoms with E-state index in [0.717, 1.165) is 52.0 Å². The van der Waals surface area contributed by atoms with Crippen LogP contribution in [0.15, 0.2) is 30.3 Å². The third-order valence-corrected chi connectivity index (χ3v) is 4.12. The second-order valence-corrected chi connectivity index (χ2v) is 5.84. The lowest BCUT2D eigenvalue weighted by Gasteiger charge is -2.36. The monoisotopic (exact) mass is 289 g/mol. The predicted molar refractivity (Wildman–Crippen MR) is 85.8 cm³/mol. The summed E-state index contributed by atoms with van der Waals surface area (Å²) in [5.41, 5.74) is 7.32. The Kier molecular flexibility index (Phi) is 6.21. The van der Waals surface area contributed by atoms with Crippen molar-refractivity contribution in [2.24, 2.45) is 5.73 Å². The fourth-order valence-corrected chi connectivity index (χ4v) is 2.75. The van der Waals surface area contributed by atoms with Crippen LogP contribution < -0.4 is 5.73 Å². The summed E-state index contributed by atoms with van der Waals surface area (Å²) in [4.78, 5) is 16.6. The maximum atomic E-state index is 12.3. The number of benzene rings is 1. The molecule has 2 N–H and O–H groups in total. The van der Waals surface area contributed by atoms with Crippen LogP contribution in [0.3, 0.4) is 0 Å². The number of amides is 1. The summed E-state index contributed by atoms with van der Waals surface area (Å²) >= 11 is 0. The highest BCUT2D eigenvalue weighted by Gasteiger charge is 2.24. The van der Waals surface area contributed by atoms with Gasteiger partial charge in [0.05, 0.1) is 6.04 Å². The van der Waals surface area contributed by atoms with Crippen molar-refractivity contribution in [2.45, 2.75) is 38.8 Å². The minimum atomic E-state index is -0.314. The molecule has 1 aromatic carbocycles. The van der Waals surface area contributed by atoms with Crippen molar-refractivity contribution in [3.05, 3.63) is 35.9 Å². The lowest BCUT2D eigenvalue weighted by atomic mass is 10.1. The van der Waals surface area contributed by atoms with Crippen LogP contribution in [0.1, 0.15) is 31.7 Å². The van der Waals surface area contributed by atoms with Gasteiger partial charge in [-0.3, -0.25) is 9.69 Å². The third kappa shape index (κ3) is 4.83. The van der Waals surface area contributed by atoms with E-state index < -0.39 is 0 Å². The summed E-state index contributed by atoms with van der Waals surface area (Å²) in [6.45, 7) is 6.55. The minimum Gasteiger partial charge on any atom is -0.339 e. The molecular formula is C17H27N3O. The first-order valence-corrected chi connectivity index (χ1v) is 8.01. The van der Waals surface area contributed by atoms with E-state index in [1.165, 1.54) is 5.56 Å². The van der Waals surface area contributed by atoms with E-state index in [0.29, 0.717) is 0 Å². The fourth-order valence-electron chi connectivity index (χ4n) is 2.75. The van der Waals surface area contributed by atoms with Crippen LogP contribution in [0, 0.1) is 0 Å². The molecule has 1 heterocycles. The lowest BCUT2D eigenvalue weighted by molar-refractivity contribution is -0.134. The van der Waals surface area contributed by atoms with Gasteiger partial charge in [-0.2, -0.15) is 0 Å². The highest BCUT2D eigenvalue weighted by atomic mass is 16.2. The smallest absolute Gasteiger partial charge is 0.239 e. The van der Waals surface area contributed by atoms with Gasteiger partial charge in [-0.05, 0) is 12.0 Å². The maximum Gasteiger partial charge on any atom is 0.239 e. The highest BCUT2D eigenvalue weighted by molar-refractivity contribution is 5.81. The number of nitrogens with two attached hydrogens (primary N) is 1. The van der Waals surface area contributed by atoms with Crippen LogP contribution in [0.2, 0.25) is 0 Å². The van der Waals surface area contributed by atoms with E-state index in [1.807, 2.05) is 11.0 Å². The van der Waals surface area contributed by atoms with Gasteiger partial charge < -0.3 is 10.6 Å². The Labute approximate surface area is 127 Å². The average Bonchev–Trinajstić information content (AvgIpc) is 2.53. The summed E-state index contributed by atoms with van der Waals surface area (Å²) in [7, 11) is 0. The lowest BCUT2D eigenvalue weighted by Crippen LogP contribution is -2.52. The van der Waals surface area contributed by atoms with Crippen LogP contribution in [0.4, 0.5) is 0 Å². The largest absolute Gasteiger partial charge is 0.339 e. The van der Waals surface area contributed by atoms with Crippen molar-refractivity contribution in [1.29, 1.82) is 0 Å². The Bertz CT molecular complexity index is 427. The van der Waals surface area contributed by atoms with E-state index >= 15 is 0 Å². The Morgan fingerprint density at radius 2 is 1.86 bits per heavy atom. The topological polar surface area (TPSA) is 49.6 Å². The zero-order chi connectivity index (χ0) is 15.1. The SMILES string of the molecule is CCCCC(N)C(=O)N1CCN(Cc2ccccc2)CC1. The molecule has 0 saturated carbocycles. The number of piperazine rings is 1. The van der Waals surface area contributed by atoms with Crippen molar-refractivity contribution < 1.29 is 4.79 Å². The number of rotatable bonds is 6. The summed E-state index contributed by atoms with van der Waals surface area (Å²) in [6, 6.07) is 10.2. The number of unbranched alkanes of at least 4 members (excludes halogenated alkanes) is 1. The number of hydrogen-bond acceptors (Lipinski definition) is 3. The van der Waals surface area contributed by atoms with Crippen LogP contribution in [-0.2, 0) is 11.3 Å². The number of nitrogens with zero attached hydrogens (tertiary/aromatic N) is 2. The summed E-state index contributed by atoms with van der Waals surface area (Å²) in [5, 5.41) is 0. The van der Waals surface area contributed by atoms with E-state index in [4.69, 9.17) is 5.73 Å². The summed E-state index contributed by atoms with van der Waals surface area (Å²) < 4.78 is 0. The van der Waals surface area contributed by atoms with Gasteiger partial charge in [0.15, 0.2) is 0 Å². The summed E-state index contributed by atoms with van der Waals surface area (Å²) in [6.07, 6.45) is 2.92. The molecule has 1 amide bonds. The number of carbonyl (C=O) groups is 1. The van der Waals surface area contributed by atoms with Gasteiger partial charge in [0, 0.05) is 32.7 Å². The zero-order valence-electron chi connectivity index (χ0n) is 13.0. The molecule has 1 unspecified atom stereocenters. The van der Waals surface area contributed by atoms with Gasteiger partial charge in [-0.25, -0.2) is 0 Å². The first-order chi connectivity index (χ1) is 10.2. The molecule has 1 saturated heterocycles. The molecule has 1 aliphatic rings. The molecule has 0 spiro atoms. The molecule has 1 fully saturated rings. The maximum absolute atomic E-state index is 12.3. The summed E-state index contributed by atoms with van der Waals surface area (Å²) in [5.74, 6) is 0.128. The Balaban J connectivity index is 1.76. The molecule has 0 aromatic heterocycles. The predicted octanol–water partition coefficient (Wildman–Crippen LogP) is 1.85. The molecule has 0 aliphatic carbocycles. The zero-order valence-corrected chi connectivity index (χ0v) is 13.0. The van der Waals surface area contributed by atoms with Crippen molar-refractivity contribution in [2.75, 3.05) is 26.2 Å². The van der Waals surface area contributed by atoms with Crippen LogP contribution in [0.25, 0.3) is 0 Å². The standard InChI is InChI=1S/C17H27N3O/c1-2-3-9-16(18)17(21)20-12-10-19(11-13-20)14-15-7-5-4-6-8-15/h4-8,16H,2-3,9-14,18H2,1H3. The molecule has 0 bridgehead atoms. The Hall–Kier alpha value is -1.39. The van der Waals surface area contributed by atoms with Gasteiger partial charge in [0.1, 0.15) is 0 Å². The third-order valence-electron chi connectivity index (χ3n) is 4.12. The van der Waals surface area contributed by atoms with E-state index in [2.05, 4.69) is 36.1 Å². The van der Waals surface area contributed by atoms with Crippen LogP contribution in [-0.4, -0.2) is 47.9 Å². The van der Waals surface area contributed by atoms with Gasteiger partial charge in [0.2, 0.25) is 5.91 Å². The van der Waals surface area contributed by atoms with Gasteiger partial charge in [-0.15, -0.1) is 0 Å². The average molecular weight is 289 g/mol. The van der Waals surface area contributed by atoms with Crippen molar-refractivity contribution in [1.82, 2.24) is 9.80 Å². The molecule has 1 atom stereocenters. The van der Waals surface area contributed by atoms with Crippen LogP contribution >= 0.6 is 0 Å². The normalized spacial score (nSPS) is 17.7. The first-order valence-electron chi connectivity index (χ1n) is 8.01. The fraction of sp³-hybridized carbons (Fsp3) is 0.588. The molecule has 116 valence electrons. The van der Waals surface area contributed by atoms with E-state index in [9.17, 15) is 4.79 Å². The molecule has 4 heteroatoms. The molecule has 21 heavy (non-hydrogen) atoms. The molecule has 1 aromatic rings. The van der Waals surface area contributed by atoms with Gasteiger partial charge in [-0.1, -0.05) is 50.1 Å².